The van der Waals surface area contributed by atoms with Crippen LogP contribution in [0, 0.1) is 0 Å². The van der Waals surface area contributed by atoms with Crippen molar-refractivity contribution in [2.75, 3.05) is 0 Å². The van der Waals surface area contributed by atoms with Crippen LogP contribution in [0.4, 0.5) is 13.2 Å². The summed E-state index contributed by atoms with van der Waals surface area (Å²) < 4.78 is 45.3. The lowest BCUT2D eigenvalue weighted by Gasteiger charge is -2.10. The van der Waals surface area contributed by atoms with Crippen molar-refractivity contribution in [1.29, 1.82) is 0 Å². The molecule has 2 aromatic carbocycles. The van der Waals surface area contributed by atoms with E-state index in [9.17, 15) is 18.0 Å². The second-order valence-corrected chi connectivity index (χ2v) is 5.34. The van der Waals surface area contributed by atoms with Gasteiger partial charge in [0.1, 0.15) is 12.4 Å². The zero-order valence-electron chi connectivity index (χ0n) is 12.9. The monoisotopic (exact) mass is 336 g/mol. The van der Waals surface area contributed by atoms with Crippen molar-refractivity contribution in [3.8, 4) is 5.75 Å². The fourth-order valence-corrected chi connectivity index (χ4v) is 2.54. The Balaban J connectivity index is 1.82. The Morgan fingerprint density at radius 3 is 2.67 bits per heavy atom. The molecule has 7 heteroatoms. The molecular weight excluding hydrogens is 321 g/mol. The number of fused-ring (bicyclic) bond motifs is 1. The van der Waals surface area contributed by atoms with Crippen molar-refractivity contribution in [3.05, 3.63) is 64.1 Å². The summed E-state index contributed by atoms with van der Waals surface area (Å²) in [4.78, 5) is 14.5. The molecule has 0 unspecified atom stereocenters. The van der Waals surface area contributed by atoms with E-state index in [0.717, 1.165) is 12.1 Å². The summed E-state index contributed by atoms with van der Waals surface area (Å²) in [7, 11) is 0. The van der Waals surface area contributed by atoms with Crippen LogP contribution in [0.1, 0.15) is 18.1 Å². The van der Waals surface area contributed by atoms with Gasteiger partial charge in [-0.15, -0.1) is 0 Å². The lowest BCUT2D eigenvalue weighted by atomic mass is 10.1. The number of H-pyrrole nitrogens is 1. The number of halogens is 3. The maximum atomic E-state index is 12.7. The van der Waals surface area contributed by atoms with E-state index in [1.54, 1.807) is 28.8 Å². The Morgan fingerprint density at radius 1 is 1.17 bits per heavy atom. The summed E-state index contributed by atoms with van der Waals surface area (Å²) in [6.07, 6.45) is -4.38. The summed E-state index contributed by atoms with van der Waals surface area (Å²) >= 11 is 0. The summed E-state index contributed by atoms with van der Waals surface area (Å²) in [5, 5.41) is 0. The van der Waals surface area contributed by atoms with Crippen molar-refractivity contribution >= 4 is 11.0 Å². The van der Waals surface area contributed by atoms with Crippen LogP contribution in [0.2, 0.25) is 0 Å². The van der Waals surface area contributed by atoms with Gasteiger partial charge in [-0.05, 0) is 36.8 Å². The molecule has 1 aromatic heterocycles. The van der Waals surface area contributed by atoms with Crippen molar-refractivity contribution in [1.82, 2.24) is 9.55 Å². The van der Waals surface area contributed by atoms with Gasteiger partial charge in [-0.2, -0.15) is 13.2 Å². The molecule has 0 aliphatic rings. The van der Waals surface area contributed by atoms with Crippen LogP contribution in [0.5, 0.6) is 5.75 Å². The van der Waals surface area contributed by atoms with Gasteiger partial charge in [0.15, 0.2) is 0 Å². The normalized spacial score (nSPS) is 11.8. The third kappa shape index (κ3) is 3.15. The fourth-order valence-electron chi connectivity index (χ4n) is 2.54. The summed E-state index contributed by atoms with van der Waals surface area (Å²) in [5.41, 5.74) is 0.899. The van der Waals surface area contributed by atoms with E-state index in [2.05, 4.69) is 4.98 Å². The third-order valence-electron chi connectivity index (χ3n) is 3.72. The number of rotatable bonds is 4. The van der Waals surface area contributed by atoms with Gasteiger partial charge in [-0.25, -0.2) is 4.79 Å². The lowest BCUT2D eigenvalue weighted by Crippen LogP contribution is -2.14. The Hall–Kier alpha value is -2.70. The fraction of sp³-hybridized carbons (Fsp3) is 0.235. The number of aromatic amines is 1. The predicted molar refractivity (Wildman–Crippen MR) is 84.0 cm³/mol. The zero-order chi connectivity index (χ0) is 17.3. The molecule has 0 aliphatic carbocycles. The Bertz CT molecular complexity index is 925. The minimum absolute atomic E-state index is 0.0101. The second kappa shape index (κ2) is 6.07. The van der Waals surface area contributed by atoms with E-state index in [0.29, 0.717) is 28.9 Å². The van der Waals surface area contributed by atoms with Gasteiger partial charge in [0.25, 0.3) is 0 Å². The first-order chi connectivity index (χ1) is 11.4. The van der Waals surface area contributed by atoms with Gasteiger partial charge in [0.05, 0.1) is 16.6 Å². The molecule has 0 bridgehead atoms. The minimum atomic E-state index is -4.38. The molecule has 0 aliphatic heterocycles. The minimum Gasteiger partial charge on any atom is -0.489 e. The molecule has 0 spiro atoms. The van der Waals surface area contributed by atoms with E-state index >= 15 is 0 Å². The highest BCUT2D eigenvalue weighted by Gasteiger charge is 2.30. The van der Waals surface area contributed by atoms with E-state index in [-0.39, 0.29) is 12.3 Å². The third-order valence-corrected chi connectivity index (χ3v) is 3.72. The van der Waals surface area contributed by atoms with Gasteiger partial charge in [0, 0.05) is 12.6 Å². The molecule has 4 nitrogen and oxygen atoms in total. The van der Waals surface area contributed by atoms with Crippen LogP contribution in [-0.4, -0.2) is 9.55 Å². The molecule has 126 valence electrons. The van der Waals surface area contributed by atoms with Crippen LogP contribution in [-0.2, 0) is 19.3 Å². The molecule has 0 saturated heterocycles. The maximum Gasteiger partial charge on any atom is 0.416 e. The zero-order valence-corrected chi connectivity index (χ0v) is 12.9. The van der Waals surface area contributed by atoms with Crippen molar-refractivity contribution in [2.45, 2.75) is 26.3 Å². The lowest BCUT2D eigenvalue weighted by molar-refractivity contribution is -0.137. The number of aryl methyl sites for hydroxylation is 1. The van der Waals surface area contributed by atoms with E-state index in [1.807, 2.05) is 6.92 Å². The first-order valence-electron chi connectivity index (χ1n) is 7.40. The van der Waals surface area contributed by atoms with E-state index in [4.69, 9.17) is 4.74 Å². The molecule has 1 heterocycles. The number of hydrogen-bond donors (Lipinski definition) is 1. The van der Waals surface area contributed by atoms with Gasteiger partial charge in [0.2, 0.25) is 0 Å². The molecule has 1 N–H and O–H groups in total. The average Bonchev–Trinajstić information content (AvgIpc) is 2.86. The maximum absolute atomic E-state index is 12.7. The first kappa shape index (κ1) is 16.2. The molecule has 3 rings (SSSR count). The summed E-state index contributed by atoms with van der Waals surface area (Å²) in [6, 6.07) is 10.1. The SMILES string of the molecule is CCn1c(=O)[nH]c2ccc(OCc3cccc(C(F)(F)F)c3)cc21. The molecule has 0 atom stereocenters. The van der Waals surface area contributed by atoms with Crippen LogP contribution >= 0.6 is 0 Å². The molecule has 3 aromatic rings. The highest BCUT2D eigenvalue weighted by atomic mass is 19.4. The van der Waals surface area contributed by atoms with Gasteiger partial charge in [-0.1, -0.05) is 12.1 Å². The van der Waals surface area contributed by atoms with Gasteiger partial charge < -0.3 is 9.72 Å². The van der Waals surface area contributed by atoms with Crippen molar-refractivity contribution < 1.29 is 17.9 Å². The highest BCUT2D eigenvalue weighted by molar-refractivity contribution is 5.76. The Kier molecular flexibility index (Phi) is 4.09. The highest BCUT2D eigenvalue weighted by Crippen LogP contribution is 2.29. The Labute approximate surface area is 135 Å². The second-order valence-electron chi connectivity index (χ2n) is 5.34. The standard InChI is InChI=1S/C17H15F3N2O2/c1-2-22-15-9-13(6-7-14(15)21-16(22)23)24-10-11-4-3-5-12(8-11)17(18,19)20/h3-9H,2,10H2,1H3,(H,21,23). The molecule has 0 amide bonds. The molecular formula is C17H15F3N2O2. The van der Waals surface area contributed by atoms with Gasteiger partial charge in [-0.3, -0.25) is 4.57 Å². The topological polar surface area (TPSA) is 47.0 Å². The number of nitrogens with zero attached hydrogens (tertiary/aromatic N) is 1. The predicted octanol–water partition coefficient (Wildman–Crippen LogP) is 3.95. The van der Waals surface area contributed by atoms with Crippen LogP contribution in [0.25, 0.3) is 11.0 Å². The average molecular weight is 336 g/mol. The number of nitrogens with one attached hydrogen (secondary N) is 1. The number of imidazole rings is 1. The van der Waals surface area contributed by atoms with Crippen LogP contribution in [0.15, 0.2) is 47.3 Å². The number of hydrogen-bond acceptors (Lipinski definition) is 2. The number of benzene rings is 2. The summed E-state index contributed by atoms with van der Waals surface area (Å²) in [6.45, 7) is 2.37. The first-order valence-corrected chi connectivity index (χ1v) is 7.40. The van der Waals surface area contributed by atoms with Crippen LogP contribution in [0.3, 0.4) is 0 Å². The molecule has 0 fully saturated rings. The molecule has 24 heavy (non-hydrogen) atoms. The quantitative estimate of drug-likeness (QED) is 0.784. The number of ether oxygens (including phenoxy) is 1. The smallest absolute Gasteiger partial charge is 0.416 e. The van der Waals surface area contributed by atoms with Crippen LogP contribution < -0.4 is 10.4 Å². The number of alkyl halides is 3. The van der Waals surface area contributed by atoms with Crippen molar-refractivity contribution in [3.63, 3.8) is 0 Å². The van der Waals surface area contributed by atoms with E-state index in [1.165, 1.54) is 6.07 Å². The molecule has 0 saturated carbocycles. The van der Waals surface area contributed by atoms with E-state index < -0.39 is 11.7 Å². The molecule has 0 radical (unpaired) electrons. The Morgan fingerprint density at radius 2 is 1.96 bits per heavy atom. The summed E-state index contributed by atoms with van der Waals surface area (Å²) in [5.74, 6) is 0.487. The largest absolute Gasteiger partial charge is 0.489 e. The number of aromatic nitrogens is 2. The van der Waals surface area contributed by atoms with Crippen molar-refractivity contribution in [2.24, 2.45) is 0 Å². The van der Waals surface area contributed by atoms with Gasteiger partial charge >= 0.3 is 11.9 Å².